The molecule has 0 aliphatic heterocycles. The quantitative estimate of drug-likeness (QED) is 0.657. The smallest absolute Gasteiger partial charge is 0.221 e. The lowest BCUT2D eigenvalue weighted by atomic mass is 10.1. The van der Waals surface area contributed by atoms with E-state index in [4.69, 9.17) is 5.73 Å². The van der Waals surface area contributed by atoms with E-state index in [0.29, 0.717) is 19.0 Å². The highest BCUT2D eigenvalue weighted by molar-refractivity contribution is 7.98. The Morgan fingerprint density at radius 1 is 1.50 bits per heavy atom. The molecule has 4 nitrogen and oxygen atoms in total. The number of hydrogen-bond donors (Lipinski definition) is 2. The zero-order chi connectivity index (χ0) is 12.6. The molecule has 0 saturated heterocycles. The predicted molar refractivity (Wildman–Crippen MR) is 71.8 cm³/mol. The number of rotatable bonds is 8. The Kier molecular flexibility index (Phi) is 8.70. The summed E-state index contributed by atoms with van der Waals surface area (Å²) in [5, 5.41) is 2.65. The highest BCUT2D eigenvalue weighted by Gasteiger charge is 2.22. The van der Waals surface area contributed by atoms with Gasteiger partial charge in [0.1, 0.15) is 0 Å². The van der Waals surface area contributed by atoms with E-state index in [1.807, 2.05) is 11.8 Å². The zero-order valence-corrected chi connectivity index (χ0v) is 11.6. The van der Waals surface area contributed by atoms with E-state index in [-0.39, 0.29) is 11.9 Å². The van der Waals surface area contributed by atoms with E-state index in [1.165, 1.54) is 0 Å². The molecule has 0 bridgehead atoms. The minimum atomic E-state index is 0.0568. The van der Waals surface area contributed by atoms with Crippen molar-refractivity contribution in [3.8, 4) is 0 Å². The average molecular weight is 247 g/mol. The van der Waals surface area contributed by atoms with E-state index < -0.39 is 0 Å². The lowest BCUT2D eigenvalue weighted by Crippen LogP contribution is -2.47. The van der Waals surface area contributed by atoms with Crippen LogP contribution < -0.4 is 11.1 Å². The molecule has 2 atom stereocenters. The summed E-state index contributed by atoms with van der Waals surface area (Å²) in [6.07, 6.45) is 3.67. The molecule has 0 aromatic heterocycles. The van der Waals surface area contributed by atoms with Gasteiger partial charge < -0.3 is 11.1 Å². The Hall–Kier alpha value is -0.260. The fraction of sp³-hybridized carbons (Fsp3) is 0.909. The second kappa shape index (κ2) is 8.84. The van der Waals surface area contributed by atoms with Gasteiger partial charge in [-0.3, -0.25) is 9.69 Å². The minimum absolute atomic E-state index is 0.0568. The Morgan fingerprint density at radius 2 is 2.12 bits per heavy atom. The van der Waals surface area contributed by atoms with Gasteiger partial charge in [0.15, 0.2) is 0 Å². The van der Waals surface area contributed by atoms with E-state index in [0.717, 1.165) is 12.2 Å². The summed E-state index contributed by atoms with van der Waals surface area (Å²) in [7, 11) is 3.72. The molecule has 0 heterocycles. The van der Waals surface area contributed by atoms with Crippen LogP contribution in [0.25, 0.3) is 0 Å². The van der Waals surface area contributed by atoms with Crippen LogP contribution in [0.4, 0.5) is 0 Å². The molecule has 0 fully saturated rings. The average Bonchev–Trinajstić information content (AvgIpc) is 2.31. The van der Waals surface area contributed by atoms with Gasteiger partial charge >= 0.3 is 0 Å². The third-order valence-corrected chi connectivity index (χ3v) is 3.67. The van der Waals surface area contributed by atoms with Gasteiger partial charge in [-0.05, 0) is 19.7 Å². The first kappa shape index (κ1) is 15.7. The Bertz CT molecular complexity index is 202. The number of thioether (sulfide) groups is 1. The highest BCUT2D eigenvalue weighted by Crippen LogP contribution is 2.13. The SMILES string of the molecule is CCC(CSC)N(C)C(CN)CC(=O)NC. The molecule has 96 valence electrons. The number of likely N-dealkylation sites (N-methyl/N-ethyl adjacent to an activating group) is 1. The maximum Gasteiger partial charge on any atom is 0.221 e. The van der Waals surface area contributed by atoms with Crippen molar-refractivity contribution in [3.63, 3.8) is 0 Å². The van der Waals surface area contributed by atoms with Gasteiger partial charge in [0, 0.05) is 37.8 Å². The summed E-state index contributed by atoms with van der Waals surface area (Å²) in [6, 6.07) is 0.630. The van der Waals surface area contributed by atoms with E-state index in [2.05, 4.69) is 30.4 Å². The lowest BCUT2D eigenvalue weighted by Gasteiger charge is -2.33. The minimum Gasteiger partial charge on any atom is -0.359 e. The fourth-order valence-corrected chi connectivity index (χ4v) is 2.58. The molecule has 0 aliphatic rings. The number of carbonyl (C=O) groups is 1. The first-order valence-electron chi connectivity index (χ1n) is 5.72. The van der Waals surface area contributed by atoms with Crippen molar-refractivity contribution in [3.05, 3.63) is 0 Å². The van der Waals surface area contributed by atoms with Crippen molar-refractivity contribution < 1.29 is 4.79 Å². The molecule has 0 spiro atoms. The molecule has 3 N–H and O–H groups in total. The molecular formula is C11H25N3OS. The van der Waals surface area contributed by atoms with Crippen molar-refractivity contribution in [2.24, 2.45) is 5.73 Å². The van der Waals surface area contributed by atoms with Gasteiger partial charge in [-0.15, -0.1) is 0 Å². The number of nitrogens with two attached hydrogens (primary N) is 1. The maximum absolute atomic E-state index is 11.4. The van der Waals surface area contributed by atoms with Crippen LogP contribution in [0.1, 0.15) is 19.8 Å². The van der Waals surface area contributed by atoms with Gasteiger partial charge in [0.25, 0.3) is 0 Å². The van der Waals surface area contributed by atoms with E-state index >= 15 is 0 Å². The molecule has 0 rings (SSSR count). The molecule has 0 saturated carbocycles. The number of carbonyl (C=O) groups excluding carboxylic acids is 1. The van der Waals surface area contributed by atoms with E-state index in [1.54, 1.807) is 7.05 Å². The molecule has 0 aromatic carbocycles. The van der Waals surface area contributed by atoms with Crippen LogP contribution in [0.2, 0.25) is 0 Å². The van der Waals surface area contributed by atoms with Crippen LogP contribution in [-0.4, -0.2) is 55.5 Å². The van der Waals surface area contributed by atoms with Crippen molar-refractivity contribution in [1.82, 2.24) is 10.2 Å². The van der Waals surface area contributed by atoms with Crippen molar-refractivity contribution in [1.29, 1.82) is 0 Å². The van der Waals surface area contributed by atoms with Crippen LogP contribution in [0.5, 0.6) is 0 Å². The molecule has 2 unspecified atom stereocenters. The summed E-state index contributed by atoms with van der Waals surface area (Å²) >= 11 is 1.83. The van der Waals surface area contributed by atoms with Gasteiger partial charge in [0.2, 0.25) is 5.91 Å². The first-order chi connectivity index (χ1) is 7.60. The normalized spacial score (nSPS) is 14.9. The molecule has 1 amide bonds. The highest BCUT2D eigenvalue weighted by atomic mass is 32.2. The van der Waals surface area contributed by atoms with Crippen LogP contribution in [-0.2, 0) is 4.79 Å². The monoisotopic (exact) mass is 247 g/mol. The van der Waals surface area contributed by atoms with Crippen LogP contribution in [0.3, 0.4) is 0 Å². The number of hydrogen-bond acceptors (Lipinski definition) is 4. The summed E-state index contributed by atoms with van der Waals surface area (Å²) in [6.45, 7) is 2.69. The van der Waals surface area contributed by atoms with Gasteiger partial charge in [-0.1, -0.05) is 6.92 Å². The van der Waals surface area contributed by atoms with Crippen molar-refractivity contribution in [2.45, 2.75) is 31.8 Å². The Morgan fingerprint density at radius 3 is 2.50 bits per heavy atom. The number of nitrogens with zero attached hydrogens (tertiary/aromatic N) is 1. The second-order valence-electron chi connectivity index (χ2n) is 3.95. The Labute approximate surface area is 103 Å². The maximum atomic E-state index is 11.4. The predicted octanol–water partition coefficient (Wildman–Crippen LogP) is 0.523. The van der Waals surface area contributed by atoms with Crippen LogP contribution >= 0.6 is 11.8 Å². The van der Waals surface area contributed by atoms with Gasteiger partial charge in [-0.2, -0.15) is 11.8 Å². The summed E-state index contributed by atoms with van der Waals surface area (Å²) in [4.78, 5) is 13.6. The third kappa shape index (κ3) is 5.18. The third-order valence-electron chi connectivity index (χ3n) is 2.95. The van der Waals surface area contributed by atoms with Crippen LogP contribution in [0.15, 0.2) is 0 Å². The largest absolute Gasteiger partial charge is 0.359 e. The van der Waals surface area contributed by atoms with Gasteiger partial charge in [0.05, 0.1) is 0 Å². The topological polar surface area (TPSA) is 58.4 Å². The molecule has 0 aromatic rings. The van der Waals surface area contributed by atoms with E-state index in [9.17, 15) is 4.79 Å². The number of amides is 1. The van der Waals surface area contributed by atoms with Crippen molar-refractivity contribution >= 4 is 17.7 Å². The van der Waals surface area contributed by atoms with Crippen LogP contribution in [0, 0.1) is 0 Å². The molecule has 0 radical (unpaired) electrons. The number of nitrogens with one attached hydrogen (secondary N) is 1. The first-order valence-corrected chi connectivity index (χ1v) is 7.11. The molecule has 16 heavy (non-hydrogen) atoms. The second-order valence-corrected chi connectivity index (χ2v) is 4.86. The summed E-state index contributed by atoms with van der Waals surface area (Å²) in [5.41, 5.74) is 5.74. The van der Waals surface area contributed by atoms with Gasteiger partial charge in [-0.25, -0.2) is 0 Å². The molecular weight excluding hydrogens is 222 g/mol. The summed E-state index contributed by atoms with van der Waals surface area (Å²) in [5.74, 6) is 1.14. The summed E-state index contributed by atoms with van der Waals surface area (Å²) < 4.78 is 0. The standard InChI is InChI=1S/C11H25N3OS/c1-5-9(8-16-4)14(3)10(7-12)6-11(15)13-2/h9-10H,5-8,12H2,1-4H3,(H,13,15). The lowest BCUT2D eigenvalue weighted by molar-refractivity contribution is -0.121. The molecule has 0 aliphatic carbocycles. The Balaban J connectivity index is 4.36. The van der Waals surface area contributed by atoms with Crippen molar-refractivity contribution in [2.75, 3.05) is 32.6 Å². The zero-order valence-electron chi connectivity index (χ0n) is 10.8. The fourth-order valence-electron chi connectivity index (χ4n) is 1.72. The molecule has 5 heteroatoms.